The second-order valence-electron chi connectivity index (χ2n) is 8.92. The monoisotopic (exact) mass is 378 g/mol. The number of aromatic nitrogens is 2. The highest BCUT2D eigenvalue weighted by Crippen LogP contribution is 2.60. The smallest absolute Gasteiger partial charge is 0.346 e. The van der Waals surface area contributed by atoms with E-state index in [0.717, 1.165) is 48.4 Å². The predicted molar refractivity (Wildman–Crippen MR) is 106 cm³/mol. The fourth-order valence-electron chi connectivity index (χ4n) is 6.32. The van der Waals surface area contributed by atoms with Crippen molar-refractivity contribution in [3.63, 3.8) is 0 Å². The van der Waals surface area contributed by atoms with Gasteiger partial charge in [0.25, 0.3) is 5.56 Å². The molecular weight excluding hydrogens is 352 g/mol. The van der Waals surface area contributed by atoms with Gasteiger partial charge in [0.05, 0.1) is 12.3 Å². The molecule has 2 aromatic rings. The summed E-state index contributed by atoms with van der Waals surface area (Å²) in [5, 5.41) is 0. The van der Waals surface area contributed by atoms with Crippen LogP contribution in [-0.2, 0) is 10.2 Å². The molecule has 4 aliphatic carbocycles. The molecule has 5 heteroatoms. The van der Waals surface area contributed by atoms with Crippen LogP contribution in [0.25, 0.3) is 11.3 Å². The molecule has 0 aliphatic heterocycles. The third-order valence-corrected chi connectivity index (χ3v) is 6.99. The SMILES string of the molecule is CCOC(=O)c1c(-c2ccccc2)nc(C23CC4CC(CC(C4)C2)C3)[nH]c1=O. The van der Waals surface area contributed by atoms with Gasteiger partial charge in [-0.25, -0.2) is 9.78 Å². The minimum absolute atomic E-state index is 0.0153. The molecule has 0 atom stereocenters. The van der Waals surface area contributed by atoms with Crippen molar-refractivity contribution in [2.45, 2.75) is 50.9 Å². The Bertz CT molecular complexity index is 928. The molecule has 28 heavy (non-hydrogen) atoms. The van der Waals surface area contributed by atoms with Crippen LogP contribution in [-0.4, -0.2) is 22.5 Å². The van der Waals surface area contributed by atoms with E-state index >= 15 is 0 Å². The van der Waals surface area contributed by atoms with Crippen molar-refractivity contribution < 1.29 is 9.53 Å². The number of hydrogen-bond acceptors (Lipinski definition) is 4. The average molecular weight is 378 g/mol. The first kappa shape index (κ1) is 17.7. The molecule has 6 rings (SSSR count). The van der Waals surface area contributed by atoms with Crippen molar-refractivity contribution in [2.75, 3.05) is 6.61 Å². The maximum Gasteiger partial charge on any atom is 0.346 e. The largest absolute Gasteiger partial charge is 0.462 e. The Kier molecular flexibility index (Phi) is 4.14. The third kappa shape index (κ3) is 2.79. The van der Waals surface area contributed by atoms with Crippen molar-refractivity contribution in [3.8, 4) is 11.3 Å². The van der Waals surface area contributed by atoms with E-state index < -0.39 is 5.97 Å². The Morgan fingerprint density at radius 1 is 1.11 bits per heavy atom. The number of esters is 1. The zero-order chi connectivity index (χ0) is 19.3. The summed E-state index contributed by atoms with van der Waals surface area (Å²) in [6.07, 6.45) is 7.31. The molecule has 0 radical (unpaired) electrons. The van der Waals surface area contributed by atoms with E-state index in [1.54, 1.807) is 6.92 Å². The molecule has 0 saturated heterocycles. The lowest BCUT2D eigenvalue weighted by Crippen LogP contribution is -2.50. The second-order valence-corrected chi connectivity index (χ2v) is 8.92. The van der Waals surface area contributed by atoms with E-state index in [-0.39, 0.29) is 23.1 Å². The summed E-state index contributed by atoms with van der Waals surface area (Å²) in [5.41, 5.74) is 0.834. The maximum atomic E-state index is 13.0. The first-order chi connectivity index (χ1) is 13.6. The van der Waals surface area contributed by atoms with E-state index in [4.69, 9.17) is 9.72 Å². The number of ether oxygens (including phenoxy) is 1. The summed E-state index contributed by atoms with van der Waals surface area (Å²) in [5.74, 6) is 2.43. The van der Waals surface area contributed by atoms with Gasteiger partial charge in [-0.2, -0.15) is 0 Å². The number of H-pyrrole nitrogens is 1. The van der Waals surface area contributed by atoms with Crippen LogP contribution in [0.1, 0.15) is 61.6 Å². The molecule has 1 aromatic carbocycles. The van der Waals surface area contributed by atoms with Crippen molar-refractivity contribution in [3.05, 3.63) is 52.1 Å². The Morgan fingerprint density at radius 2 is 1.71 bits per heavy atom. The van der Waals surface area contributed by atoms with Gasteiger partial charge in [-0.1, -0.05) is 30.3 Å². The Balaban J connectivity index is 1.66. The average Bonchev–Trinajstić information content (AvgIpc) is 2.67. The van der Waals surface area contributed by atoms with Gasteiger partial charge in [-0.05, 0) is 63.2 Å². The molecular formula is C23H26N2O3. The third-order valence-electron chi connectivity index (χ3n) is 6.99. The number of aromatic amines is 1. The highest BCUT2D eigenvalue weighted by atomic mass is 16.5. The Morgan fingerprint density at radius 3 is 2.29 bits per heavy atom. The Hall–Kier alpha value is -2.43. The molecule has 4 bridgehead atoms. The number of nitrogens with one attached hydrogen (secondary N) is 1. The van der Waals surface area contributed by atoms with Gasteiger partial charge < -0.3 is 9.72 Å². The van der Waals surface area contributed by atoms with Gasteiger partial charge in [0.1, 0.15) is 5.82 Å². The summed E-state index contributed by atoms with van der Waals surface area (Å²) < 4.78 is 5.16. The van der Waals surface area contributed by atoms with Gasteiger partial charge in [0, 0.05) is 11.0 Å². The van der Waals surface area contributed by atoms with Crippen molar-refractivity contribution >= 4 is 5.97 Å². The minimum atomic E-state index is -0.604. The molecule has 4 saturated carbocycles. The van der Waals surface area contributed by atoms with Crippen molar-refractivity contribution in [2.24, 2.45) is 17.8 Å². The summed E-state index contributed by atoms with van der Waals surface area (Å²) in [4.78, 5) is 33.5. The van der Waals surface area contributed by atoms with Crippen LogP contribution in [0, 0.1) is 17.8 Å². The predicted octanol–water partition coefficient (Wildman–Crippen LogP) is 4.08. The molecule has 1 heterocycles. The quantitative estimate of drug-likeness (QED) is 0.814. The van der Waals surface area contributed by atoms with Crippen LogP contribution in [0.4, 0.5) is 0 Å². The number of benzene rings is 1. The molecule has 0 spiro atoms. The van der Waals surface area contributed by atoms with Crippen LogP contribution >= 0.6 is 0 Å². The normalized spacial score (nSPS) is 30.4. The molecule has 5 nitrogen and oxygen atoms in total. The fraction of sp³-hybridized carbons (Fsp3) is 0.522. The van der Waals surface area contributed by atoms with E-state index in [2.05, 4.69) is 4.98 Å². The number of carbonyl (C=O) groups is 1. The van der Waals surface area contributed by atoms with E-state index in [9.17, 15) is 9.59 Å². The maximum absolute atomic E-state index is 13.0. The van der Waals surface area contributed by atoms with E-state index in [1.165, 1.54) is 19.3 Å². The summed E-state index contributed by atoms with van der Waals surface area (Å²) in [6.45, 7) is 1.97. The topological polar surface area (TPSA) is 72.0 Å². The molecule has 146 valence electrons. The molecule has 4 fully saturated rings. The standard InChI is InChI=1S/C23H26N2O3/c1-2-28-21(27)18-19(17-6-4-3-5-7-17)24-22(25-20(18)26)23-11-14-8-15(12-23)10-16(9-14)13-23/h3-7,14-16H,2,8-13H2,1H3,(H,24,25,26). The van der Waals surface area contributed by atoms with Crippen LogP contribution < -0.4 is 5.56 Å². The molecule has 1 N–H and O–H groups in total. The number of hydrogen-bond donors (Lipinski definition) is 1. The Labute approximate surface area is 164 Å². The molecule has 0 unspecified atom stereocenters. The van der Waals surface area contributed by atoms with Crippen LogP contribution in [0.2, 0.25) is 0 Å². The number of rotatable bonds is 4. The van der Waals surface area contributed by atoms with Crippen LogP contribution in [0.5, 0.6) is 0 Å². The number of nitrogens with zero attached hydrogens (tertiary/aromatic N) is 1. The van der Waals surface area contributed by atoms with E-state index in [0.29, 0.717) is 5.69 Å². The summed E-state index contributed by atoms with van der Waals surface area (Å²) in [7, 11) is 0. The lowest BCUT2D eigenvalue weighted by atomic mass is 9.49. The van der Waals surface area contributed by atoms with Crippen molar-refractivity contribution in [1.29, 1.82) is 0 Å². The highest BCUT2D eigenvalue weighted by Gasteiger charge is 2.53. The fourth-order valence-corrected chi connectivity index (χ4v) is 6.32. The molecule has 4 aliphatic rings. The molecule has 1 aromatic heterocycles. The van der Waals surface area contributed by atoms with E-state index in [1.807, 2.05) is 30.3 Å². The lowest BCUT2D eigenvalue weighted by molar-refractivity contribution is -0.00951. The first-order valence-electron chi connectivity index (χ1n) is 10.5. The molecule has 0 amide bonds. The number of carbonyl (C=O) groups excluding carboxylic acids is 1. The van der Waals surface area contributed by atoms with Gasteiger partial charge in [0.15, 0.2) is 5.56 Å². The van der Waals surface area contributed by atoms with Gasteiger partial charge in [-0.15, -0.1) is 0 Å². The second kappa shape index (κ2) is 6.57. The van der Waals surface area contributed by atoms with Crippen LogP contribution in [0.3, 0.4) is 0 Å². The summed E-state index contributed by atoms with van der Waals surface area (Å²) in [6, 6.07) is 9.51. The summed E-state index contributed by atoms with van der Waals surface area (Å²) >= 11 is 0. The van der Waals surface area contributed by atoms with Crippen molar-refractivity contribution in [1.82, 2.24) is 9.97 Å². The zero-order valence-corrected chi connectivity index (χ0v) is 16.2. The minimum Gasteiger partial charge on any atom is -0.462 e. The first-order valence-corrected chi connectivity index (χ1v) is 10.5. The highest BCUT2D eigenvalue weighted by molar-refractivity contribution is 5.95. The van der Waals surface area contributed by atoms with Gasteiger partial charge in [-0.3, -0.25) is 4.79 Å². The zero-order valence-electron chi connectivity index (χ0n) is 16.2. The lowest BCUT2D eigenvalue weighted by Gasteiger charge is -2.56. The van der Waals surface area contributed by atoms with Gasteiger partial charge >= 0.3 is 5.97 Å². The van der Waals surface area contributed by atoms with Crippen LogP contribution in [0.15, 0.2) is 35.1 Å². The van der Waals surface area contributed by atoms with Gasteiger partial charge in [0.2, 0.25) is 0 Å².